The minimum absolute atomic E-state index is 0.0182. The highest BCUT2D eigenvalue weighted by molar-refractivity contribution is 5.94. The number of nitrogens with one attached hydrogen (secondary N) is 1. The molecule has 0 atom stereocenters. The average molecular weight is 430 g/mol. The number of aromatic amines is 1. The number of halogens is 3. The van der Waals surface area contributed by atoms with Crippen LogP contribution in [0.15, 0.2) is 53.3 Å². The van der Waals surface area contributed by atoms with Gasteiger partial charge in [-0.15, -0.1) is 0 Å². The smallest absolute Gasteiger partial charge is 0.339 e. The van der Waals surface area contributed by atoms with Crippen molar-refractivity contribution in [1.82, 2.24) is 19.7 Å². The molecule has 1 amide bonds. The van der Waals surface area contributed by atoms with E-state index in [1.54, 1.807) is 4.90 Å². The summed E-state index contributed by atoms with van der Waals surface area (Å²) in [6.45, 7) is 2.70. The molecular weight excluding hydrogens is 409 g/mol. The normalized spacial score (nSPS) is 15.3. The van der Waals surface area contributed by atoms with Crippen LogP contribution >= 0.6 is 0 Å². The average Bonchev–Trinajstić information content (AvgIpc) is 3.15. The van der Waals surface area contributed by atoms with E-state index < -0.39 is 17.6 Å². The van der Waals surface area contributed by atoms with E-state index in [9.17, 15) is 22.8 Å². The zero-order valence-corrected chi connectivity index (χ0v) is 16.8. The fourth-order valence-electron chi connectivity index (χ4n) is 3.88. The summed E-state index contributed by atoms with van der Waals surface area (Å²) in [5.74, 6) is 0.119. The first-order valence-electron chi connectivity index (χ1n) is 9.95. The minimum atomic E-state index is -4.50. The lowest BCUT2D eigenvalue weighted by molar-refractivity contribution is -0.137. The van der Waals surface area contributed by atoms with E-state index >= 15 is 0 Å². The summed E-state index contributed by atoms with van der Waals surface area (Å²) in [7, 11) is 0. The summed E-state index contributed by atoms with van der Waals surface area (Å²) in [6, 6.07) is 12.0. The minimum Gasteiger partial charge on any atom is -0.339 e. The predicted octanol–water partition coefficient (Wildman–Crippen LogP) is 3.91. The van der Waals surface area contributed by atoms with Gasteiger partial charge in [0.25, 0.3) is 5.91 Å². The third-order valence-corrected chi connectivity index (χ3v) is 5.57. The third kappa shape index (κ3) is 4.26. The number of hydrogen-bond donors (Lipinski definition) is 1. The number of carbonyl (C=O) groups excluding carboxylic acids is 1. The first-order valence-corrected chi connectivity index (χ1v) is 9.95. The molecule has 1 fully saturated rings. The van der Waals surface area contributed by atoms with E-state index in [4.69, 9.17) is 0 Å². The number of piperidine rings is 1. The Morgan fingerprint density at radius 3 is 2.42 bits per heavy atom. The molecule has 1 aliphatic rings. The first-order chi connectivity index (χ1) is 14.7. The van der Waals surface area contributed by atoms with Gasteiger partial charge in [0.05, 0.1) is 11.3 Å². The number of nitrogens with zero attached hydrogens (tertiary/aromatic N) is 3. The summed E-state index contributed by atoms with van der Waals surface area (Å²) in [5.41, 5.74) is 0.628. The van der Waals surface area contributed by atoms with E-state index in [2.05, 4.69) is 10.2 Å². The van der Waals surface area contributed by atoms with Crippen LogP contribution in [-0.2, 0) is 6.18 Å². The molecular formula is C22H21F3N4O2. The van der Waals surface area contributed by atoms with Crippen LogP contribution in [0.5, 0.6) is 0 Å². The number of rotatable bonds is 3. The molecule has 4 rings (SSSR count). The highest BCUT2D eigenvalue weighted by atomic mass is 19.4. The lowest BCUT2D eigenvalue weighted by Gasteiger charge is -2.31. The maximum Gasteiger partial charge on any atom is 0.416 e. The van der Waals surface area contributed by atoms with Crippen molar-refractivity contribution in [3.63, 3.8) is 0 Å². The largest absolute Gasteiger partial charge is 0.416 e. The van der Waals surface area contributed by atoms with Crippen molar-refractivity contribution in [1.29, 1.82) is 0 Å². The number of hydrogen-bond acceptors (Lipinski definition) is 3. The zero-order chi connectivity index (χ0) is 22.2. The Hall–Kier alpha value is -3.36. The number of carbonyl (C=O) groups is 1. The lowest BCUT2D eigenvalue weighted by atomic mass is 9.95. The van der Waals surface area contributed by atoms with Crippen LogP contribution in [0, 0.1) is 6.92 Å². The number of aryl methyl sites for hydroxylation is 1. The maximum atomic E-state index is 13.0. The van der Waals surface area contributed by atoms with Crippen molar-refractivity contribution in [2.24, 2.45) is 0 Å². The van der Waals surface area contributed by atoms with Crippen molar-refractivity contribution in [2.75, 3.05) is 13.1 Å². The summed E-state index contributed by atoms with van der Waals surface area (Å²) >= 11 is 0. The number of alkyl halides is 3. The molecule has 0 bridgehead atoms. The molecule has 31 heavy (non-hydrogen) atoms. The Morgan fingerprint density at radius 2 is 1.77 bits per heavy atom. The molecule has 2 heterocycles. The van der Waals surface area contributed by atoms with Gasteiger partial charge in [-0.2, -0.15) is 18.3 Å². The van der Waals surface area contributed by atoms with Crippen LogP contribution < -0.4 is 5.69 Å². The van der Waals surface area contributed by atoms with E-state index in [1.165, 1.54) is 16.7 Å². The standard InChI is InChI=1S/C22H21F3N4O2/c1-14-5-7-18(8-6-14)29-19(26-27-21(29)31)15-9-11-28(12-10-15)20(30)16-3-2-4-17(13-16)22(23,24)25/h2-8,13,15H,9-12H2,1H3,(H,27,31). The van der Waals surface area contributed by atoms with Crippen molar-refractivity contribution >= 4 is 5.91 Å². The highest BCUT2D eigenvalue weighted by Crippen LogP contribution is 2.31. The Bertz CT molecular complexity index is 1140. The van der Waals surface area contributed by atoms with Crippen molar-refractivity contribution in [2.45, 2.75) is 31.9 Å². The first kappa shape index (κ1) is 20.9. The molecule has 0 aliphatic carbocycles. The van der Waals surface area contributed by atoms with Crippen LogP contribution in [0.2, 0.25) is 0 Å². The zero-order valence-electron chi connectivity index (χ0n) is 16.8. The molecule has 9 heteroatoms. The van der Waals surface area contributed by atoms with E-state index in [1.807, 2.05) is 31.2 Å². The SMILES string of the molecule is Cc1ccc(-n2c(C3CCN(C(=O)c4cccc(C(F)(F)F)c4)CC3)n[nH]c2=O)cc1. The van der Waals surface area contributed by atoms with Crippen molar-refractivity contribution in [3.05, 3.63) is 81.5 Å². The van der Waals surface area contributed by atoms with Gasteiger partial charge < -0.3 is 4.90 Å². The Kier molecular flexibility index (Phi) is 5.43. The second kappa shape index (κ2) is 8.05. The molecule has 3 aromatic rings. The number of benzene rings is 2. The van der Waals surface area contributed by atoms with Crippen molar-refractivity contribution in [3.8, 4) is 5.69 Å². The fraction of sp³-hybridized carbons (Fsp3) is 0.318. The Morgan fingerprint density at radius 1 is 1.10 bits per heavy atom. The fourth-order valence-corrected chi connectivity index (χ4v) is 3.88. The summed E-state index contributed by atoms with van der Waals surface area (Å²) in [5, 5.41) is 6.70. The van der Waals surface area contributed by atoms with Gasteiger partial charge in [0.1, 0.15) is 5.82 Å². The molecule has 1 N–H and O–H groups in total. The van der Waals surface area contributed by atoms with Gasteiger partial charge in [-0.3, -0.25) is 4.79 Å². The summed E-state index contributed by atoms with van der Waals surface area (Å²) in [6.07, 6.45) is -3.38. The van der Waals surface area contributed by atoms with Crippen LogP contribution in [0.4, 0.5) is 13.2 Å². The predicted molar refractivity (Wildman–Crippen MR) is 108 cm³/mol. The molecule has 162 valence electrons. The number of H-pyrrole nitrogens is 1. The third-order valence-electron chi connectivity index (χ3n) is 5.57. The van der Waals surface area contributed by atoms with Gasteiger partial charge in [0.2, 0.25) is 0 Å². The van der Waals surface area contributed by atoms with Crippen LogP contribution in [-0.4, -0.2) is 38.7 Å². The number of likely N-dealkylation sites (tertiary alicyclic amines) is 1. The van der Waals surface area contributed by atoms with Gasteiger partial charge in [0, 0.05) is 24.6 Å². The quantitative estimate of drug-likeness (QED) is 0.685. The summed E-state index contributed by atoms with van der Waals surface area (Å²) < 4.78 is 40.4. The van der Waals surface area contributed by atoms with Gasteiger partial charge >= 0.3 is 11.9 Å². The molecule has 1 aliphatic heterocycles. The maximum absolute atomic E-state index is 13.0. The van der Waals surface area contributed by atoms with E-state index in [0.29, 0.717) is 37.4 Å². The molecule has 0 radical (unpaired) electrons. The van der Waals surface area contributed by atoms with Gasteiger partial charge in [0.15, 0.2) is 0 Å². The molecule has 0 saturated carbocycles. The molecule has 1 saturated heterocycles. The molecule has 6 nitrogen and oxygen atoms in total. The Balaban J connectivity index is 1.49. The highest BCUT2D eigenvalue weighted by Gasteiger charge is 2.32. The van der Waals surface area contributed by atoms with Gasteiger partial charge in [-0.25, -0.2) is 14.5 Å². The van der Waals surface area contributed by atoms with E-state index in [0.717, 1.165) is 17.7 Å². The van der Waals surface area contributed by atoms with Crippen LogP contribution in [0.1, 0.15) is 46.1 Å². The second-order valence-electron chi connectivity index (χ2n) is 7.70. The molecule has 0 spiro atoms. The molecule has 1 aromatic heterocycles. The van der Waals surface area contributed by atoms with E-state index in [-0.39, 0.29) is 17.2 Å². The summed E-state index contributed by atoms with van der Waals surface area (Å²) in [4.78, 5) is 26.6. The van der Waals surface area contributed by atoms with Gasteiger partial charge in [-0.1, -0.05) is 23.8 Å². The van der Waals surface area contributed by atoms with Crippen molar-refractivity contribution < 1.29 is 18.0 Å². The number of aromatic nitrogens is 3. The van der Waals surface area contributed by atoms with Gasteiger partial charge in [-0.05, 0) is 50.1 Å². The Labute approximate surface area is 176 Å². The monoisotopic (exact) mass is 430 g/mol. The molecule has 2 aromatic carbocycles. The van der Waals surface area contributed by atoms with Crippen LogP contribution in [0.3, 0.4) is 0 Å². The molecule has 0 unspecified atom stereocenters. The second-order valence-corrected chi connectivity index (χ2v) is 7.70. The number of amides is 1. The van der Waals surface area contributed by atoms with Crippen LogP contribution in [0.25, 0.3) is 5.69 Å². The topological polar surface area (TPSA) is 71.0 Å². The lowest BCUT2D eigenvalue weighted by Crippen LogP contribution is -2.38.